The summed E-state index contributed by atoms with van der Waals surface area (Å²) in [4.78, 5) is 11.7. The summed E-state index contributed by atoms with van der Waals surface area (Å²) in [5, 5.41) is 9.97. The summed E-state index contributed by atoms with van der Waals surface area (Å²) < 4.78 is 5.65. The van der Waals surface area contributed by atoms with Crippen molar-refractivity contribution in [1.82, 2.24) is 0 Å². The Morgan fingerprint density at radius 1 is 1.40 bits per heavy atom. The van der Waals surface area contributed by atoms with Gasteiger partial charge in [0.15, 0.2) is 0 Å². The van der Waals surface area contributed by atoms with Crippen molar-refractivity contribution in [2.75, 3.05) is 21.2 Å². The van der Waals surface area contributed by atoms with Crippen LogP contribution in [0.25, 0.3) is 0 Å². The molecule has 4 nitrogen and oxygen atoms in total. The molecular formula is C11H20NO3+. The fourth-order valence-electron chi connectivity index (χ4n) is 3.41. The van der Waals surface area contributed by atoms with E-state index in [2.05, 4.69) is 14.1 Å². The van der Waals surface area contributed by atoms with Crippen molar-refractivity contribution in [2.24, 2.45) is 5.92 Å². The molecule has 2 saturated heterocycles. The van der Waals surface area contributed by atoms with E-state index in [-0.39, 0.29) is 17.9 Å². The number of carbonyl (C=O) groups excluding carboxylic acids is 1. The van der Waals surface area contributed by atoms with Gasteiger partial charge in [0.1, 0.15) is 12.0 Å². The Balaban J connectivity index is 2.27. The van der Waals surface area contributed by atoms with Gasteiger partial charge in [-0.05, 0) is 0 Å². The Hall–Kier alpha value is -0.610. The highest BCUT2D eigenvalue weighted by molar-refractivity contribution is 5.74. The zero-order valence-electron chi connectivity index (χ0n) is 9.64. The molecule has 2 heterocycles. The summed E-state index contributed by atoms with van der Waals surface area (Å²) in [6.45, 7) is 0. The van der Waals surface area contributed by atoms with Crippen LogP contribution in [0.15, 0.2) is 0 Å². The molecule has 4 heteroatoms. The molecule has 0 aromatic rings. The zero-order chi connectivity index (χ0) is 11.2. The quantitative estimate of drug-likeness (QED) is 0.499. The average Bonchev–Trinajstić information content (AvgIpc) is 2.39. The van der Waals surface area contributed by atoms with Crippen LogP contribution in [0.4, 0.5) is 0 Å². The number of quaternary nitrogens is 1. The standard InChI is InChI=1S/C11H20NO3/c1-12(2)7-4-5-8(12)10(9(13)6-7)11(14)15-3/h7-10,13H,4-6H2,1-3H3/q+1/t7-,8-,9-,10+/m1/s1. The fourth-order valence-corrected chi connectivity index (χ4v) is 3.41. The van der Waals surface area contributed by atoms with Crippen LogP contribution in [0.2, 0.25) is 0 Å². The van der Waals surface area contributed by atoms with Crippen molar-refractivity contribution in [1.29, 1.82) is 0 Å². The molecule has 2 fully saturated rings. The van der Waals surface area contributed by atoms with Gasteiger partial charge in [-0.2, -0.15) is 0 Å². The minimum absolute atomic E-state index is 0.228. The van der Waals surface area contributed by atoms with E-state index in [1.807, 2.05) is 0 Å². The van der Waals surface area contributed by atoms with Gasteiger partial charge in [0.25, 0.3) is 0 Å². The summed E-state index contributed by atoms with van der Waals surface area (Å²) in [6.07, 6.45) is 2.35. The lowest BCUT2D eigenvalue weighted by molar-refractivity contribution is -0.934. The van der Waals surface area contributed by atoms with Crippen LogP contribution in [0, 0.1) is 5.92 Å². The van der Waals surface area contributed by atoms with Crippen LogP contribution < -0.4 is 0 Å². The first kappa shape index (κ1) is 10.9. The lowest BCUT2D eigenvalue weighted by Gasteiger charge is -2.46. The number of piperidine rings is 1. The third-order valence-corrected chi connectivity index (χ3v) is 4.41. The normalized spacial score (nSPS) is 42.7. The van der Waals surface area contributed by atoms with Crippen LogP contribution >= 0.6 is 0 Å². The van der Waals surface area contributed by atoms with Crippen molar-refractivity contribution in [2.45, 2.75) is 37.5 Å². The maximum atomic E-state index is 11.7. The molecule has 0 spiro atoms. The second kappa shape index (κ2) is 3.46. The molecule has 15 heavy (non-hydrogen) atoms. The van der Waals surface area contributed by atoms with E-state index >= 15 is 0 Å². The van der Waals surface area contributed by atoms with E-state index in [9.17, 15) is 9.90 Å². The van der Waals surface area contributed by atoms with Crippen LogP contribution in [0.3, 0.4) is 0 Å². The van der Waals surface area contributed by atoms with Crippen molar-refractivity contribution < 1.29 is 19.1 Å². The number of aliphatic hydroxyl groups excluding tert-OH is 1. The van der Waals surface area contributed by atoms with E-state index < -0.39 is 6.10 Å². The Bertz CT molecular complexity index is 277. The summed E-state index contributed by atoms with van der Waals surface area (Å²) in [5.41, 5.74) is 0. The maximum absolute atomic E-state index is 11.7. The molecule has 0 aromatic carbocycles. The summed E-state index contributed by atoms with van der Waals surface area (Å²) in [7, 11) is 5.71. The number of rotatable bonds is 1. The van der Waals surface area contributed by atoms with E-state index in [0.717, 1.165) is 23.7 Å². The number of esters is 1. The second-order valence-electron chi connectivity index (χ2n) is 5.28. The minimum atomic E-state index is -0.513. The van der Waals surface area contributed by atoms with Gasteiger partial charge in [-0.1, -0.05) is 0 Å². The molecule has 86 valence electrons. The molecule has 0 unspecified atom stereocenters. The number of ether oxygens (including phenoxy) is 1. The van der Waals surface area contributed by atoms with Crippen LogP contribution in [0.1, 0.15) is 19.3 Å². The highest BCUT2D eigenvalue weighted by Crippen LogP contribution is 2.43. The smallest absolute Gasteiger partial charge is 0.317 e. The van der Waals surface area contributed by atoms with Crippen molar-refractivity contribution in [3.05, 3.63) is 0 Å². The Morgan fingerprint density at radius 3 is 2.67 bits per heavy atom. The first-order valence-electron chi connectivity index (χ1n) is 5.57. The molecule has 4 atom stereocenters. The minimum Gasteiger partial charge on any atom is -0.469 e. The van der Waals surface area contributed by atoms with Gasteiger partial charge in [-0.3, -0.25) is 4.79 Å². The summed E-state index contributed by atoms with van der Waals surface area (Å²) in [6, 6.07) is 0.733. The third-order valence-electron chi connectivity index (χ3n) is 4.41. The predicted octanol–water partition coefficient (Wildman–Crippen LogP) is 0.148. The van der Waals surface area contributed by atoms with Crippen LogP contribution in [-0.4, -0.2) is 55.0 Å². The lowest BCUT2D eigenvalue weighted by Crippen LogP contribution is -2.62. The zero-order valence-corrected chi connectivity index (χ0v) is 9.64. The molecule has 0 aliphatic carbocycles. The van der Waals surface area contributed by atoms with E-state index in [1.54, 1.807) is 0 Å². The van der Waals surface area contributed by atoms with E-state index in [0.29, 0.717) is 6.04 Å². The first-order chi connectivity index (χ1) is 6.98. The molecule has 2 bridgehead atoms. The Labute approximate surface area is 90.4 Å². The molecule has 2 aliphatic rings. The lowest BCUT2D eigenvalue weighted by atomic mass is 9.86. The van der Waals surface area contributed by atoms with E-state index in [1.165, 1.54) is 7.11 Å². The first-order valence-corrected chi connectivity index (χ1v) is 5.57. The van der Waals surface area contributed by atoms with Gasteiger partial charge >= 0.3 is 5.97 Å². The molecule has 0 radical (unpaired) electrons. The summed E-state index contributed by atoms with van der Waals surface area (Å²) >= 11 is 0. The predicted molar refractivity (Wildman–Crippen MR) is 55.0 cm³/mol. The number of methoxy groups -OCH3 is 1. The van der Waals surface area contributed by atoms with Crippen molar-refractivity contribution in [3.8, 4) is 0 Å². The highest BCUT2D eigenvalue weighted by Gasteiger charge is 2.57. The van der Waals surface area contributed by atoms with Crippen molar-refractivity contribution in [3.63, 3.8) is 0 Å². The molecular weight excluding hydrogens is 194 g/mol. The molecule has 2 rings (SSSR count). The monoisotopic (exact) mass is 214 g/mol. The van der Waals surface area contributed by atoms with Gasteiger partial charge in [0.05, 0.1) is 33.4 Å². The molecule has 1 N–H and O–H groups in total. The number of fused-ring (bicyclic) bond motifs is 2. The SMILES string of the molecule is COC(=O)[C@@H]1[C@H](O)C[C@H]2CC[C@H]1[N+]2(C)C. The Morgan fingerprint density at radius 2 is 2.07 bits per heavy atom. The Kier molecular flexibility index (Phi) is 2.51. The molecule has 0 amide bonds. The number of hydrogen-bond donors (Lipinski definition) is 1. The number of nitrogens with zero attached hydrogens (tertiary/aromatic N) is 1. The van der Waals surface area contributed by atoms with Gasteiger partial charge in [-0.15, -0.1) is 0 Å². The topological polar surface area (TPSA) is 46.5 Å². The largest absolute Gasteiger partial charge is 0.469 e. The van der Waals surface area contributed by atoms with Crippen molar-refractivity contribution >= 4 is 5.97 Å². The fraction of sp³-hybridized carbons (Fsp3) is 0.909. The number of hydrogen-bond acceptors (Lipinski definition) is 3. The van der Waals surface area contributed by atoms with Gasteiger partial charge in [0, 0.05) is 19.3 Å². The molecule has 2 aliphatic heterocycles. The van der Waals surface area contributed by atoms with E-state index in [4.69, 9.17) is 4.74 Å². The third kappa shape index (κ3) is 1.47. The number of aliphatic hydroxyl groups is 1. The van der Waals surface area contributed by atoms with Gasteiger partial charge in [-0.25, -0.2) is 0 Å². The molecule has 0 saturated carbocycles. The van der Waals surface area contributed by atoms with Crippen LogP contribution in [-0.2, 0) is 9.53 Å². The van der Waals surface area contributed by atoms with Gasteiger partial charge < -0.3 is 14.3 Å². The summed E-state index contributed by atoms with van der Waals surface area (Å²) in [5.74, 6) is -0.581. The second-order valence-corrected chi connectivity index (χ2v) is 5.28. The average molecular weight is 214 g/mol. The van der Waals surface area contributed by atoms with Crippen LogP contribution in [0.5, 0.6) is 0 Å². The maximum Gasteiger partial charge on any atom is 0.317 e. The molecule has 0 aromatic heterocycles. The van der Waals surface area contributed by atoms with Gasteiger partial charge in [0.2, 0.25) is 0 Å². The number of carbonyl (C=O) groups is 1. The highest BCUT2D eigenvalue weighted by atomic mass is 16.5.